The molecule has 0 aliphatic heterocycles. The highest BCUT2D eigenvalue weighted by molar-refractivity contribution is 5.56. The summed E-state index contributed by atoms with van der Waals surface area (Å²) in [4.78, 5) is 8.59. The van der Waals surface area contributed by atoms with Crippen molar-refractivity contribution in [3.05, 3.63) is 47.3 Å². The molecule has 0 aliphatic carbocycles. The molecular formula is C15H15N3. The monoisotopic (exact) mass is 237 g/mol. The van der Waals surface area contributed by atoms with Gasteiger partial charge >= 0.3 is 0 Å². The van der Waals surface area contributed by atoms with E-state index in [4.69, 9.17) is 5.26 Å². The number of hydrogen-bond donors (Lipinski definition) is 0. The molecule has 0 saturated heterocycles. The van der Waals surface area contributed by atoms with Crippen LogP contribution in [0.1, 0.15) is 36.7 Å². The number of aromatic nitrogens is 2. The van der Waals surface area contributed by atoms with Gasteiger partial charge in [-0.3, -0.25) is 0 Å². The van der Waals surface area contributed by atoms with Crippen molar-refractivity contribution in [2.45, 2.75) is 26.7 Å². The fourth-order valence-electron chi connectivity index (χ4n) is 1.77. The number of rotatable bonds is 2. The van der Waals surface area contributed by atoms with Crippen LogP contribution in [0.25, 0.3) is 11.4 Å². The molecule has 0 atom stereocenters. The van der Waals surface area contributed by atoms with E-state index >= 15 is 0 Å². The predicted molar refractivity (Wildman–Crippen MR) is 71.0 cm³/mol. The molecule has 1 heterocycles. The predicted octanol–water partition coefficient (Wildman–Crippen LogP) is 3.45. The number of hydrogen-bond acceptors (Lipinski definition) is 3. The van der Waals surface area contributed by atoms with Crippen LogP contribution < -0.4 is 0 Å². The molecule has 0 radical (unpaired) electrons. The van der Waals surface area contributed by atoms with Gasteiger partial charge in [0.15, 0.2) is 5.82 Å². The summed E-state index contributed by atoms with van der Waals surface area (Å²) in [5.41, 5.74) is 3.45. The molecule has 0 fully saturated rings. The van der Waals surface area contributed by atoms with E-state index in [9.17, 15) is 0 Å². The molecule has 3 nitrogen and oxygen atoms in total. The van der Waals surface area contributed by atoms with E-state index < -0.39 is 0 Å². The maximum absolute atomic E-state index is 8.91. The summed E-state index contributed by atoms with van der Waals surface area (Å²) in [6, 6.07) is 11.9. The third-order valence-corrected chi connectivity index (χ3v) is 2.80. The second kappa shape index (κ2) is 4.97. The zero-order chi connectivity index (χ0) is 13.1. The van der Waals surface area contributed by atoms with Crippen LogP contribution in [0.2, 0.25) is 0 Å². The fraction of sp³-hybridized carbons (Fsp3) is 0.267. The van der Waals surface area contributed by atoms with Crippen LogP contribution >= 0.6 is 0 Å². The Labute approximate surface area is 107 Å². The second-order valence-electron chi connectivity index (χ2n) is 4.61. The summed E-state index contributed by atoms with van der Waals surface area (Å²) >= 11 is 0. The lowest BCUT2D eigenvalue weighted by Crippen LogP contribution is -1.95. The highest BCUT2D eigenvalue weighted by atomic mass is 14.9. The second-order valence-corrected chi connectivity index (χ2v) is 4.61. The average Bonchev–Trinajstić information content (AvgIpc) is 2.38. The summed E-state index contributed by atoms with van der Waals surface area (Å²) in [5, 5.41) is 8.91. The van der Waals surface area contributed by atoms with E-state index in [0.717, 1.165) is 11.3 Å². The third-order valence-electron chi connectivity index (χ3n) is 2.80. The topological polar surface area (TPSA) is 49.6 Å². The van der Waals surface area contributed by atoms with Crippen LogP contribution in [0.4, 0.5) is 0 Å². The Kier molecular flexibility index (Phi) is 3.38. The number of nitriles is 1. The van der Waals surface area contributed by atoms with Gasteiger partial charge in [0.05, 0.1) is 0 Å². The zero-order valence-electron chi connectivity index (χ0n) is 10.8. The normalized spacial score (nSPS) is 10.4. The largest absolute Gasteiger partial charge is 0.233 e. The molecule has 0 N–H and O–H groups in total. The molecule has 0 spiro atoms. The van der Waals surface area contributed by atoms with Crippen LogP contribution in [-0.2, 0) is 0 Å². The van der Waals surface area contributed by atoms with E-state index in [1.165, 1.54) is 5.56 Å². The van der Waals surface area contributed by atoms with Gasteiger partial charge in [0.25, 0.3) is 0 Å². The van der Waals surface area contributed by atoms with E-state index in [1.54, 1.807) is 6.07 Å². The minimum atomic E-state index is 0.408. The molecule has 0 aliphatic rings. The Balaban J connectivity index is 2.43. The van der Waals surface area contributed by atoms with Crippen LogP contribution in [0.3, 0.4) is 0 Å². The first kappa shape index (κ1) is 12.3. The Morgan fingerprint density at radius 3 is 2.33 bits per heavy atom. The van der Waals surface area contributed by atoms with Crippen molar-refractivity contribution in [1.29, 1.82) is 5.26 Å². The molecule has 2 aromatic rings. The lowest BCUT2D eigenvalue weighted by Gasteiger charge is -2.06. The fourth-order valence-corrected chi connectivity index (χ4v) is 1.77. The molecule has 0 saturated carbocycles. The molecule has 0 amide bonds. The van der Waals surface area contributed by atoms with E-state index in [0.29, 0.717) is 17.4 Å². The smallest absolute Gasteiger partial charge is 0.160 e. The summed E-state index contributed by atoms with van der Waals surface area (Å²) in [6.45, 7) is 6.19. The molecule has 3 heteroatoms. The average molecular weight is 237 g/mol. The maximum Gasteiger partial charge on any atom is 0.160 e. The first-order valence-corrected chi connectivity index (χ1v) is 5.96. The lowest BCUT2D eigenvalue weighted by molar-refractivity contribution is 0.867. The molecule has 0 bridgehead atoms. The van der Waals surface area contributed by atoms with Gasteiger partial charge in [-0.2, -0.15) is 5.26 Å². The van der Waals surface area contributed by atoms with Crippen molar-refractivity contribution in [2.75, 3.05) is 0 Å². The third kappa shape index (κ3) is 2.54. The van der Waals surface area contributed by atoms with Gasteiger partial charge in [-0.1, -0.05) is 38.1 Å². The first-order chi connectivity index (χ1) is 8.60. The molecule has 1 aromatic heterocycles. The highest BCUT2D eigenvalue weighted by Crippen LogP contribution is 2.20. The Hall–Kier alpha value is -2.21. The molecule has 0 unspecified atom stereocenters. The molecule has 90 valence electrons. The van der Waals surface area contributed by atoms with Crippen LogP contribution in [-0.4, -0.2) is 9.97 Å². The van der Waals surface area contributed by atoms with Crippen molar-refractivity contribution in [3.8, 4) is 17.5 Å². The Bertz CT molecular complexity index is 592. The van der Waals surface area contributed by atoms with Crippen LogP contribution in [0, 0.1) is 18.3 Å². The van der Waals surface area contributed by atoms with Crippen LogP contribution in [0.15, 0.2) is 30.3 Å². The minimum absolute atomic E-state index is 0.408. The molecule has 2 rings (SSSR count). The quantitative estimate of drug-likeness (QED) is 0.803. The Morgan fingerprint density at radius 2 is 1.78 bits per heavy atom. The van der Waals surface area contributed by atoms with Gasteiger partial charge in [0.1, 0.15) is 11.8 Å². The van der Waals surface area contributed by atoms with Gasteiger partial charge in [-0.25, -0.2) is 9.97 Å². The van der Waals surface area contributed by atoms with Gasteiger partial charge in [-0.05, 0) is 24.5 Å². The van der Waals surface area contributed by atoms with Crippen molar-refractivity contribution >= 4 is 0 Å². The number of aryl methyl sites for hydroxylation is 1. The summed E-state index contributed by atoms with van der Waals surface area (Å²) < 4.78 is 0. The summed E-state index contributed by atoms with van der Waals surface area (Å²) in [6.07, 6.45) is 0. The van der Waals surface area contributed by atoms with Crippen molar-refractivity contribution < 1.29 is 0 Å². The standard InChI is InChI=1S/C15H15N3/c1-10(2)12-4-6-13(7-5-12)15-17-11(3)8-14(9-16)18-15/h4-8,10H,1-3H3. The van der Waals surface area contributed by atoms with Crippen molar-refractivity contribution in [1.82, 2.24) is 9.97 Å². The van der Waals surface area contributed by atoms with Gasteiger partial charge in [0, 0.05) is 11.3 Å². The molecule has 18 heavy (non-hydrogen) atoms. The molecular weight excluding hydrogens is 222 g/mol. The van der Waals surface area contributed by atoms with E-state index in [-0.39, 0.29) is 0 Å². The summed E-state index contributed by atoms with van der Waals surface area (Å²) in [7, 11) is 0. The minimum Gasteiger partial charge on any atom is -0.233 e. The zero-order valence-corrected chi connectivity index (χ0v) is 10.8. The SMILES string of the molecule is Cc1cc(C#N)nc(-c2ccc(C(C)C)cc2)n1. The van der Waals surface area contributed by atoms with E-state index in [2.05, 4.69) is 42.0 Å². The Morgan fingerprint density at radius 1 is 1.11 bits per heavy atom. The van der Waals surface area contributed by atoms with Gasteiger partial charge in [-0.15, -0.1) is 0 Å². The van der Waals surface area contributed by atoms with Gasteiger partial charge < -0.3 is 0 Å². The number of benzene rings is 1. The summed E-state index contributed by atoms with van der Waals surface area (Å²) in [5.74, 6) is 1.12. The first-order valence-electron chi connectivity index (χ1n) is 5.96. The van der Waals surface area contributed by atoms with Crippen molar-refractivity contribution in [3.63, 3.8) is 0 Å². The van der Waals surface area contributed by atoms with Crippen molar-refractivity contribution in [2.24, 2.45) is 0 Å². The van der Waals surface area contributed by atoms with E-state index in [1.807, 2.05) is 19.1 Å². The lowest BCUT2D eigenvalue weighted by atomic mass is 10.0. The maximum atomic E-state index is 8.91. The van der Waals surface area contributed by atoms with Crippen LogP contribution in [0.5, 0.6) is 0 Å². The molecule has 1 aromatic carbocycles. The highest BCUT2D eigenvalue weighted by Gasteiger charge is 2.05. The van der Waals surface area contributed by atoms with Gasteiger partial charge in [0.2, 0.25) is 0 Å². The number of nitrogens with zero attached hydrogens (tertiary/aromatic N) is 3.